The minimum Gasteiger partial charge on any atom is -0.493 e. The Morgan fingerprint density at radius 1 is 1.04 bits per heavy atom. The Morgan fingerprint density at radius 2 is 1.75 bits per heavy atom. The lowest BCUT2D eigenvalue weighted by Crippen LogP contribution is -2.36. The highest BCUT2D eigenvalue weighted by atomic mass is 16.5. The van der Waals surface area contributed by atoms with Crippen LogP contribution >= 0.6 is 0 Å². The van der Waals surface area contributed by atoms with Gasteiger partial charge in [0.2, 0.25) is 0 Å². The van der Waals surface area contributed by atoms with Gasteiger partial charge in [0.05, 0.1) is 14.2 Å². The van der Waals surface area contributed by atoms with E-state index in [9.17, 15) is 9.59 Å². The van der Waals surface area contributed by atoms with Gasteiger partial charge in [-0.15, -0.1) is 0 Å². The van der Waals surface area contributed by atoms with Gasteiger partial charge in [0.25, 0.3) is 5.91 Å². The summed E-state index contributed by atoms with van der Waals surface area (Å²) in [5.74, 6) is 0.188. The van der Waals surface area contributed by atoms with E-state index < -0.39 is 12.1 Å². The van der Waals surface area contributed by atoms with E-state index in [1.807, 2.05) is 30.3 Å². The van der Waals surface area contributed by atoms with Gasteiger partial charge in [0.15, 0.2) is 17.6 Å². The monoisotopic (exact) mass is 383 g/mol. The third kappa shape index (κ3) is 5.61. The molecule has 0 fully saturated rings. The molecule has 0 unspecified atom stereocenters. The second kappa shape index (κ2) is 10.2. The lowest BCUT2D eigenvalue weighted by atomic mass is 10.1. The van der Waals surface area contributed by atoms with Gasteiger partial charge in [0, 0.05) is 25.2 Å². The summed E-state index contributed by atoms with van der Waals surface area (Å²) >= 11 is 0. The van der Waals surface area contributed by atoms with Gasteiger partial charge in [0.1, 0.15) is 0 Å². The first-order valence-corrected chi connectivity index (χ1v) is 8.84. The molecule has 0 radical (unpaired) electrons. The molecule has 0 saturated carbocycles. The Balaban J connectivity index is 1.96. The molecule has 2 rings (SSSR count). The average molecular weight is 383 g/mol. The molecule has 0 saturated heterocycles. The first-order valence-electron chi connectivity index (χ1n) is 8.84. The van der Waals surface area contributed by atoms with Crippen LogP contribution in [-0.2, 0) is 20.9 Å². The molecular formula is C22H25NO5. The number of nitrogens with zero attached hydrogens (tertiary/aromatic N) is 1. The Bertz CT molecular complexity index is 832. The van der Waals surface area contributed by atoms with E-state index in [4.69, 9.17) is 14.2 Å². The van der Waals surface area contributed by atoms with Crippen LogP contribution < -0.4 is 9.47 Å². The van der Waals surface area contributed by atoms with Crippen LogP contribution in [0.2, 0.25) is 0 Å². The van der Waals surface area contributed by atoms with Crippen LogP contribution in [0.5, 0.6) is 11.5 Å². The van der Waals surface area contributed by atoms with Crippen molar-refractivity contribution in [3.05, 3.63) is 65.7 Å². The maximum absolute atomic E-state index is 12.4. The summed E-state index contributed by atoms with van der Waals surface area (Å²) in [4.78, 5) is 26.1. The first-order chi connectivity index (χ1) is 13.5. The van der Waals surface area contributed by atoms with Gasteiger partial charge in [-0.1, -0.05) is 42.5 Å². The van der Waals surface area contributed by atoms with E-state index in [0.717, 1.165) is 5.56 Å². The number of likely N-dealkylation sites (N-methyl/N-ethyl adjacent to an activating group) is 1. The zero-order chi connectivity index (χ0) is 20.5. The van der Waals surface area contributed by atoms with Gasteiger partial charge in [-0.05, 0) is 24.6 Å². The smallest absolute Gasteiger partial charge is 0.331 e. The normalized spacial score (nSPS) is 11.7. The number of carbonyl (C=O) groups excluding carboxylic acids is 2. The quantitative estimate of drug-likeness (QED) is 0.517. The predicted octanol–water partition coefficient (Wildman–Crippen LogP) is 3.31. The summed E-state index contributed by atoms with van der Waals surface area (Å²) in [6, 6.07) is 14.9. The lowest BCUT2D eigenvalue weighted by Gasteiger charge is -2.21. The molecule has 0 aliphatic heterocycles. The largest absolute Gasteiger partial charge is 0.493 e. The van der Waals surface area contributed by atoms with Crippen LogP contribution in [0.15, 0.2) is 54.6 Å². The minimum atomic E-state index is -0.891. The van der Waals surface area contributed by atoms with Gasteiger partial charge >= 0.3 is 5.97 Å². The van der Waals surface area contributed by atoms with E-state index >= 15 is 0 Å². The summed E-state index contributed by atoms with van der Waals surface area (Å²) in [6.07, 6.45) is 1.94. The number of hydrogen-bond donors (Lipinski definition) is 0. The Hall–Kier alpha value is -3.28. The van der Waals surface area contributed by atoms with E-state index in [0.29, 0.717) is 23.6 Å². The molecule has 6 nitrogen and oxygen atoms in total. The van der Waals surface area contributed by atoms with Crippen LogP contribution in [0, 0.1) is 0 Å². The molecule has 0 N–H and O–H groups in total. The van der Waals surface area contributed by atoms with Crippen LogP contribution in [0.4, 0.5) is 0 Å². The summed E-state index contributed by atoms with van der Waals surface area (Å²) in [5.41, 5.74) is 1.67. The molecule has 148 valence electrons. The fraction of sp³-hybridized carbons (Fsp3) is 0.273. The zero-order valence-electron chi connectivity index (χ0n) is 16.5. The van der Waals surface area contributed by atoms with Crippen molar-refractivity contribution in [1.82, 2.24) is 4.90 Å². The molecular weight excluding hydrogens is 358 g/mol. The maximum atomic E-state index is 12.4. The van der Waals surface area contributed by atoms with Crippen molar-refractivity contribution in [2.24, 2.45) is 0 Å². The van der Waals surface area contributed by atoms with Crippen molar-refractivity contribution in [3.63, 3.8) is 0 Å². The Labute approximate surface area is 165 Å². The number of hydrogen-bond acceptors (Lipinski definition) is 5. The molecule has 0 bridgehead atoms. The minimum absolute atomic E-state index is 0.274. The highest BCUT2D eigenvalue weighted by Gasteiger charge is 2.20. The van der Waals surface area contributed by atoms with Gasteiger partial charge in [-0.2, -0.15) is 0 Å². The number of carbonyl (C=O) groups is 2. The van der Waals surface area contributed by atoms with E-state index in [1.54, 1.807) is 45.4 Å². The first kappa shape index (κ1) is 21.0. The predicted molar refractivity (Wildman–Crippen MR) is 107 cm³/mol. The SMILES string of the molecule is COc1cccc(/C=C/C(=O)O[C@H](C)C(=O)N(C)Cc2ccccc2)c1OC. The summed E-state index contributed by atoms with van der Waals surface area (Å²) < 4.78 is 15.8. The molecule has 2 aromatic carbocycles. The van der Waals surface area contributed by atoms with E-state index in [-0.39, 0.29) is 5.91 Å². The number of ether oxygens (including phenoxy) is 3. The molecule has 0 aromatic heterocycles. The van der Waals surface area contributed by atoms with Crippen molar-refractivity contribution >= 4 is 18.0 Å². The molecule has 28 heavy (non-hydrogen) atoms. The third-order valence-electron chi connectivity index (χ3n) is 4.11. The molecule has 0 aliphatic carbocycles. The highest BCUT2D eigenvalue weighted by molar-refractivity contribution is 5.90. The molecule has 0 heterocycles. The van der Waals surface area contributed by atoms with Crippen molar-refractivity contribution in [2.75, 3.05) is 21.3 Å². The van der Waals surface area contributed by atoms with Gasteiger partial charge in [-0.25, -0.2) is 4.79 Å². The fourth-order valence-electron chi connectivity index (χ4n) is 2.71. The van der Waals surface area contributed by atoms with Crippen molar-refractivity contribution < 1.29 is 23.8 Å². The zero-order valence-corrected chi connectivity index (χ0v) is 16.5. The highest BCUT2D eigenvalue weighted by Crippen LogP contribution is 2.31. The Morgan fingerprint density at radius 3 is 2.39 bits per heavy atom. The van der Waals surface area contributed by atoms with Crippen molar-refractivity contribution in [2.45, 2.75) is 19.6 Å². The fourth-order valence-corrected chi connectivity index (χ4v) is 2.71. The summed E-state index contributed by atoms with van der Waals surface area (Å²) in [6.45, 7) is 2.00. The standard InChI is InChI=1S/C22H25NO5/c1-16(22(25)23(2)15-17-9-6-5-7-10-17)28-20(24)14-13-18-11-8-12-19(26-3)21(18)27-4/h5-14,16H,15H2,1-4H3/b14-13+/t16-/m1/s1. The molecule has 0 aliphatic rings. The second-order valence-electron chi connectivity index (χ2n) is 6.18. The Kier molecular flexibility index (Phi) is 7.63. The number of benzene rings is 2. The number of methoxy groups -OCH3 is 2. The maximum Gasteiger partial charge on any atom is 0.331 e. The van der Waals surface area contributed by atoms with E-state index in [1.165, 1.54) is 18.1 Å². The molecule has 0 spiro atoms. The average Bonchev–Trinajstić information content (AvgIpc) is 2.71. The van der Waals surface area contributed by atoms with Crippen LogP contribution in [0.1, 0.15) is 18.1 Å². The molecule has 6 heteroatoms. The number of para-hydroxylation sites is 1. The number of amides is 1. The molecule has 1 amide bonds. The van der Waals surface area contributed by atoms with Gasteiger partial charge in [-0.3, -0.25) is 4.79 Å². The van der Waals surface area contributed by atoms with Crippen molar-refractivity contribution in [3.8, 4) is 11.5 Å². The number of rotatable bonds is 8. The topological polar surface area (TPSA) is 65.1 Å². The van der Waals surface area contributed by atoms with Gasteiger partial charge < -0.3 is 19.1 Å². The summed E-state index contributed by atoms with van der Waals surface area (Å²) in [5, 5.41) is 0. The third-order valence-corrected chi connectivity index (χ3v) is 4.11. The van der Waals surface area contributed by atoms with Crippen LogP contribution in [0.3, 0.4) is 0 Å². The second-order valence-corrected chi connectivity index (χ2v) is 6.18. The lowest BCUT2D eigenvalue weighted by molar-refractivity contribution is -0.154. The van der Waals surface area contributed by atoms with Crippen LogP contribution in [0.25, 0.3) is 6.08 Å². The van der Waals surface area contributed by atoms with E-state index in [2.05, 4.69) is 0 Å². The van der Waals surface area contributed by atoms with Crippen LogP contribution in [-0.4, -0.2) is 44.1 Å². The number of esters is 1. The van der Waals surface area contributed by atoms with Crippen molar-refractivity contribution in [1.29, 1.82) is 0 Å². The summed E-state index contributed by atoms with van der Waals surface area (Å²) in [7, 11) is 4.74. The molecule has 1 atom stereocenters. The molecule has 2 aromatic rings.